The third-order valence-electron chi connectivity index (χ3n) is 3.18. The minimum atomic E-state index is -0.0577. The molecule has 0 bridgehead atoms. The molecular formula is C17H13NOS2. The molecule has 0 saturated carbocycles. The zero-order chi connectivity index (χ0) is 14.8. The molecule has 0 unspecified atom stereocenters. The maximum atomic E-state index is 12.6. The second-order valence-corrected chi connectivity index (χ2v) is 6.44. The Balaban J connectivity index is 1.92. The van der Waals surface area contributed by atoms with Gasteiger partial charge in [-0.05, 0) is 30.7 Å². The highest BCUT2D eigenvalue weighted by atomic mass is 32.2. The first kappa shape index (κ1) is 14.0. The summed E-state index contributed by atoms with van der Waals surface area (Å²) in [4.78, 5) is 14.8. The molecule has 1 aliphatic rings. The number of rotatable bonds is 2. The fourth-order valence-electron chi connectivity index (χ4n) is 2.08. The standard InChI is InChI=1S/C17H13NOS2/c1-12-7-9-14(10-8-12)18-16(19)15(21-17(18)20)11-13-5-3-2-4-6-13/h2-11H,1H3/b15-11-. The largest absolute Gasteiger partial charge is 0.270 e. The lowest BCUT2D eigenvalue weighted by Gasteiger charge is -2.14. The van der Waals surface area contributed by atoms with Gasteiger partial charge >= 0.3 is 0 Å². The SMILES string of the molecule is Cc1ccc(N2C(=O)/C(=C/c3ccccc3)SC2=S)cc1. The van der Waals surface area contributed by atoms with Crippen molar-refractivity contribution in [2.45, 2.75) is 6.92 Å². The second-order valence-electron chi connectivity index (χ2n) is 4.76. The fourth-order valence-corrected chi connectivity index (χ4v) is 3.38. The zero-order valence-corrected chi connectivity index (χ0v) is 13.1. The minimum Gasteiger partial charge on any atom is -0.268 e. The van der Waals surface area contributed by atoms with Crippen LogP contribution in [0.5, 0.6) is 0 Å². The van der Waals surface area contributed by atoms with Crippen molar-refractivity contribution in [2.24, 2.45) is 0 Å². The first-order valence-electron chi connectivity index (χ1n) is 6.55. The minimum absolute atomic E-state index is 0.0577. The van der Waals surface area contributed by atoms with Gasteiger partial charge in [-0.15, -0.1) is 0 Å². The van der Waals surface area contributed by atoms with Crippen LogP contribution in [0.1, 0.15) is 11.1 Å². The molecule has 0 aromatic heterocycles. The highest BCUT2D eigenvalue weighted by Gasteiger charge is 2.33. The Morgan fingerprint density at radius 2 is 1.71 bits per heavy atom. The molecule has 2 aromatic carbocycles. The highest BCUT2D eigenvalue weighted by Crippen LogP contribution is 2.35. The summed E-state index contributed by atoms with van der Waals surface area (Å²) >= 11 is 6.70. The Kier molecular flexibility index (Phi) is 3.90. The normalized spacial score (nSPS) is 16.8. The molecule has 1 heterocycles. The molecule has 4 heteroatoms. The predicted octanol–water partition coefficient (Wildman–Crippen LogP) is 4.40. The van der Waals surface area contributed by atoms with Crippen molar-refractivity contribution in [3.63, 3.8) is 0 Å². The third-order valence-corrected chi connectivity index (χ3v) is 4.49. The summed E-state index contributed by atoms with van der Waals surface area (Å²) in [5.74, 6) is -0.0577. The number of thiocarbonyl (C=S) groups is 1. The van der Waals surface area contributed by atoms with E-state index in [1.807, 2.05) is 67.6 Å². The van der Waals surface area contributed by atoms with Crippen molar-refractivity contribution in [1.82, 2.24) is 0 Å². The molecule has 2 aromatic rings. The molecule has 1 amide bonds. The molecule has 2 nitrogen and oxygen atoms in total. The summed E-state index contributed by atoms with van der Waals surface area (Å²) < 4.78 is 0.575. The Morgan fingerprint density at radius 3 is 2.38 bits per heavy atom. The van der Waals surface area contributed by atoms with E-state index < -0.39 is 0 Å². The number of carbonyl (C=O) groups is 1. The molecule has 1 saturated heterocycles. The molecule has 0 radical (unpaired) electrons. The fraction of sp³-hybridized carbons (Fsp3) is 0.0588. The Labute approximate surface area is 133 Å². The van der Waals surface area contributed by atoms with E-state index >= 15 is 0 Å². The van der Waals surface area contributed by atoms with Crippen molar-refractivity contribution in [1.29, 1.82) is 0 Å². The number of hydrogen-bond acceptors (Lipinski definition) is 3. The number of amides is 1. The number of nitrogens with zero attached hydrogens (tertiary/aromatic N) is 1. The Morgan fingerprint density at radius 1 is 1.05 bits per heavy atom. The van der Waals surface area contributed by atoms with Gasteiger partial charge in [0.05, 0.1) is 10.6 Å². The molecule has 21 heavy (non-hydrogen) atoms. The van der Waals surface area contributed by atoms with Crippen molar-refractivity contribution >= 4 is 46.0 Å². The summed E-state index contributed by atoms with van der Waals surface area (Å²) in [6.07, 6.45) is 1.88. The van der Waals surface area contributed by atoms with Crippen LogP contribution in [0.2, 0.25) is 0 Å². The molecule has 0 N–H and O–H groups in total. The van der Waals surface area contributed by atoms with Gasteiger partial charge in [-0.3, -0.25) is 9.69 Å². The van der Waals surface area contributed by atoms with E-state index in [9.17, 15) is 4.79 Å². The van der Waals surface area contributed by atoms with Gasteiger partial charge in [0, 0.05) is 0 Å². The molecule has 0 spiro atoms. The van der Waals surface area contributed by atoms with Crippen LogP contribution in [0, 0.1) is 6.92 Å². The zero-order valence-electron chi connectivity index (χ0n) is 11.4. The van der Waals surface area contributed by atoms with Gasteiger partial charge in [0.25, 0.3) is 5.91 Å². The monoisotopic (exact) mass is 311 g/mol. The van der Waals surface area contributed by atoms with Crippen LogP contribution in [0.15, 0.2) is 59.5 Å². The first-order chi connectivity index (χ1) is 10.1. The van der Waals surface area contributed by atoms with Crippen LogP contribution in [0.25, 0.3) is 6.08 Å². The summed E-state index contributed by atoms with van der Waals surface area (Å²) in [7, 11) is 0. The number of anilines is 1. The van der Waals surface area contributed by atoms with E-state index in [-0.39, 0.29) is 5.91 Å². The summed E-state index contributed by atoms with van der Waals surface area (Å²) in [5, 5.41) is 0. The summed E-state index contributed by atoms with van der Waals surface area (Å²) in [6, 6.07) is 17.6. The second kappa shape index (κ2) is 5.84. The van der Waals surface area contributed by atoms with Crippen LogP contribution in [-0.2, 0) is 4.79 Å². The average Bonchev–Trinajstić information content (AvgIpc) is 2.76. The number of benzene rings is 2. The molecule has 1 fully saturated rings. The smallest absolute Gasteiger partial charge is 0.268 e. The maximum absolute atomic E-state index is 12.6. The molecular weight excluding hydrogens is 298 g/mol. The molecule has 1 aliphatic heterocycles. The van der Waals surface area contributed by atoms with Crippen molar-refractivity contribution in [3.8, 4) is 0 Å². The molecule has 0 aliphatic carbocycles. The number of thioether (sulfide) groups is 1. The maximum Gasteiger partial charge on any atom is 0.270 e. The summed E-state index contributed by atoms with van der Waals surface area (Å²) in [5.41, 5.74) is 2.98. The van der Waals surface area contributed by atoms with E-state index in [0.29, 0.717) is 9.23 Å². The topological polar surface area (TPSA) is 20.3 Å². The lowest BCUT2D eigenvalue weighted by atomic mass is 10.2. The highest BCUT2D eigenvalue weighted by molar-refractivity contribution is 8.27. The van der Waals surface area contributed by atoms with E-state index in [1.165, 1.54) is 11.8 Å². The van der Waals surface area contributed by atoms with Crippen LogP contribution >= 0.6 is 24.0 Å². The first-order valence-corrected chi connectivity index (χ1v) is 7.77. The Hall–Kier alpha value is -1.91. The predicted molar refractivity (Wildman–Crippen MR) is 93.3 cm³/mol. The summed E-state index contributed by atoms with van der Waals surface area (Å²) in [6.45, 7) is 2.02. The van der Waals surface area contributed by atoms with Crippen molar-refractivity contribution in [2.75, 3.05) is 4.90 Å². The van der Waals surface area contributed by atoms with Crippen molar-refractivity contribution < 1.29 is 4.79 Å². The number of carbonyl (C=O) groups excluding carboxylic acids is 1. The van der Waals surface area contributed by atoms with E-state index in [1.54, 1.807) is 4.90 Å². The van der Waals surface area contributed by atoms with Gasteiger partial charge in [-0.25, -0.2) is 0 Å². The van der Waals surface area contributed by atoms with Gasteiger partial charge in [0.15, 0.2) is 4.32 Å². The Bertz CT molecular complexity index is 720. The van der Waals surface area contributed by atoms with E-state index in [0.717, 1.165) is 16.8 Å². The molecule has 104 valence electrons. The quantitative estimate of drug-likeness (QED) is 0.605. The van der Waals surface area contributed by atoms with E-state index in [2.05, 4.69) is 0 Å². The lowest BCUT2D eigenvalue weighted by molar-refractivity contribution is -0.113. The lowest BCUT2D eigenvalue weighted by Crippen LogP contribution is -2.27. The third kappa shape index (κ3) is 2.91. The van der Waals surface area contributed by atoms with Crippen LogP contribution < -0.4 is 4.90 Å². The van der Waals surface area contributed by atoms with Gasteiger partial charge in [-0.1, -0.05) is 72.0 Å². The van der Waals surface area contributed by atoms with Gasteiger partial charge < -0.3 is 0 Å². The number of aryl methyl sites for hydroxylation is 1. The number of hydrogen-bond donors (Lipinski definition) is 0. The van der Waals surface area contributed by atoms with Crippen LogP contribution in [0.3, 0.4) is 0 Å². The van der Waals surface area contributed by atoms with Crippen LogP contribution in [-0.4, -0.2) is 10.2 Å². The van der Waals surface area contributed by atoms with Crippen molar-refractivity contribution in [3.05, 3.63) is 70.6 Å². The average molecular weight is 311 g/mol. The molecule has 0 atom stereocenters. The molecule has 3 rings (SSSR count). The van der Waals surface area contributed by atoms with Gasteiger partial charge in [0.1, 0.15) is 0 Å². The van der Waals surface area contributed by atoms with Gasteiger partial charge in [-0.2, -0.15) is 0 Å². The van der Waals surface area contributed by atoms with Gasteiger partial charge in [0.2, 0.25) is 0 Å². The van der Waals surface area contributed by atoms with E-state index in [4.69, 9.17) is 12.2 Å². The van der Waals surface area contributed by atoms with Crippen LogP contribution in [0.4, 0.5) is 5.69 Å².